The first-order valence-corrected chi connectivity index (χ1v) is 10.3. The van der Waals surface area contributed by atoms with Crippen molar-refractivity contribution < 1.29 is 23.7 Å². The lowest BCUT2D eigenvalue weighted by Crippen LogP contribution is -2.14. The number of carbonyl (C=O) groups excluding carboxylic acids is 2. The molecule has 10 nitrogen and oxygen atoms in total. The number of furan rings is 1. The number of anilines is 1. The van der Waals surface area contributed by atoms with Crippen LogP contribution in [0.3, 0.4) is 0 Å². The van der Waals surface area contributed by atoms with Gasteiger partial charge in [0, 0.05) is 4.88 Å². The number of thiophene rings is 1. The molecule has 3 rings (SSSR count). The Kier molecular flexibility index (Phi) is 6.25. The smallest absolute Gasteiger partial charge is 0.341 e. The third kappa shape index (κ3) is 4.36. The number of carbonyl (C=O) groups is 2. The zero-order chi connectivity index (χ0) is 22.9. The zero-order valence-corrected chi connectivity index (χ0v) is 18.6. The number of aromatic nitrogens is 2. The molecule has 0 fully saturated rings. The highest BCUT2D eigenvalue weighted by Crippen LogP contribution is 2.33. The van der Waals surface area contributed by atoms with E-state index in [0.717, 1.165) is 10.4 Å². The number of amides is 1. The minimum absolute atomic E-state index is 0.0422. The van der Waals surface area contributed by atoms with Gasteiger partial charge in [-0.1, -0.05) is 0 Å². The van der Waals surface area contributed by atoms with E-state index in [0.29, 0.717) is 27.7 Å². The fourth-order valence-corrected chi connectivity index (χ4v) is 4.21. The number of nitrogens with zero attached hydrogens (tertiary/aromatic N) is 3. The predicted octanol–water partition coefficient (Wildman–Crippen LogP) is 4.16. The molecule has 0 atom stereocenters. The van der Waals surface area contributed by atoms with Gasteiger partial charge in [0.1, 0.15) is 22.1 Å². The molecular formula is C20H22N4O6S. The summed E-state index contributed by atoms with van der Waals surface area (Å²) in [5.74, 6) is -0.553. The Morgan fingerprint density at radius 1 is 1.29 bits per heavy atom. The zero-order valence-electron chi connectivity index (χ0n) is 17.8. The Balaban J connectivity index is 1.79. The molecule has 0 saturated heterocycles. The minimum atomic E-state index is -0.516. The van der Waals surface area contributed by atoms with Crippen LogP contribution in [0.4, 0.5) is 10.7 Å². The molecule has 0 unspecified atom stereocenters. The highest BCUT2D eigenvalue weighted by Gasteiger charge is 2.25. The van der Waals surface area contributed by atoms with E-state index in [-0.39, 0.29) is 24.6 Å². The molecule has 1 amide bonds. The number of esters is 1. The molecule has 0 radical (unpaired) electrons. The molecule has 164 valence electrons. The van der Waals surface area contributed by atoms with E-state index < -0.39 is 16.8 Å². The Bertz CT molecular complexity index is 1170. The summed E-state index contributed by atoms with van der Waals surface area (Å²) >= 11 is 1.28. The maximum atomic E-state index is 12.7. The van der Waals surface area contributed by atoms with E-state index in [4.69, 9.17) is 9.15 Å². The van der Waals surface area contributed by atoms with Crippen LogP contribution in [0.5, 0.6) is 0 Å². The number of hydrogen-bond donors (Lipinski definition) is 1. The topological polar surface area (TPSA) is 130 Å². The van der Waals surface area contributed by atoms with Crippen molar-refractivity contribution in [3.8, 4) is 0 Å². The van der Waals surface area contributed by atoms with Gasteiger partial charge in [0.25, 0.3) is 5.91 Å². The van der Waals surface area contributed by atoms with E-state index >= 15 is 0 Å². The molecule has 3 heterocycles. The number of ether oxygens (including phenoxy) is 1. The van der Waals surface area contributed by atoms with E-state index in [9.17, 15) is 19.7 Å². The van der Waals surface area contributed by atoms with E-state index in [1.54, 1.807) is 33.8 Å². The van der Waals surface area contributed by atoms with Crippen LogP contribution >= 0.6 is 11.3 Å². The normalized spacial score (nSPS) is 10.9. The number of nitrogens with one attached hydrogen (secondary N) is 1. The number of aryl methyl sites for hydroxylation is 2. The van der Waals surface area contributed by atoms with Gasteiger partial charge in [-0.25, -0.2) is 4.79 Å². The first-order chi connectivity index (χ1) is 14.6. The largest absolute Gasteiger partial charge is 0.462 e. The minimum Gasteiger partial charge on any atom is -0.462 e. The Hall–Kier alpha value is -3.47. The Morgan fingerprint density at radius 3 is 2.61 bits per heavy atom. The Labute approximate surface area is 182 Å². The summed E-state index contributed by atoms with van der Waals surface area (Å²) in [6.07, 6.45) is 0. The Morgan fingerprint density at radius 2 is 2.00 bits per heavy atom. The SMILES string of the molecule is CCOC(=O)c1c(NC(=O)c2ccc(Cn3nc(C)c([N+](=O)[O-])c3C)o2)sc(C)c1C. The van der Waals surface area contributed by atoms with Crippen molar-refractivity contribution in [3.05, 3.63) is 61.2 Å². The summed E-state index contributed by atoms with van der Waals surface area (Å²) in [4.78, 5) is 36.6. The second-order valence-electron chi connectivity index (χ2n) is 6.86. The van der Waals surface area contributed by atoms with E-state index in [2.05, 4.69) is 10.4 Å². The highest BCUT2D eigenvalue weighted by atomic mass is 32.1. The molecule has 1 N–H and O–H groups in total. The van der Waals surface area contributed by atoms with Crippen molar-refractivity contribution in [2.45, 2.75) is 41.2 Å². The van der Waals surface area contributed by atoms with Crippen LogP contribution in [-0.4, -0.2) is 33.2 Å². The summed E-state index contributed by atoms with van der Waals surface area (Å²) in [5.41, 5.74) is 1.75. The lowest BCUT2D eigenvalue weighted by Gasteiger charge is -2.06. The molecular weight excluding hydrogens is 424 g/mol. The van der Waals surface area contributed by atoms with Crippen molar-refractivity contribution in [2.75, 3.05) is 11.9 Å². The summed E-state index contributed by atoms with van der Waals surface area (Å²) < 4.78 is 12.2. The second kappa shape index (κ2) is 8.72. The van der Waals surface area contributed by atoms with Gasteiger partial charge in [0.2, 0.25) is 0 Å². The predicted molar refractivity (Wildman–Crippen MR) is 114 cm³/mol. The van der Waals surface area contributed by atoms with Gasteiger partial charge in [-0.2, -0.15) is 5.10 Å². The third-order valence-corrected chi connectivity index (χ3v) is 5.93. The van der Waals surface area contributed by atoms with Crippen LogP contribution in [-0.2, 0) is 11.3 Å². The molecule has 3 aromatic heterocycles. The monoisotopic (exact) mass is 446 g/mol. The summed E-state index contributed by atoms with van der Waals surface area (Å²) in [5, 5.41) is 18.4. The average Bonchev–Trinajstić information content (AvgIpc) is 3.33. The van der Waals surface area contributed by atoms with Crippen LogP contribution < -0.4 is 5.32 Å². The van der Waals surface area contributed by atoms with Crippen LogP contribution in [0.2, 0.25) is 0 Å². The number of nitro groups is 1. The summed E-state index contributed by atoms with van der Waals surface area (Å²) in [7, 11) is 0. The van der Waals surface area contributed by atoms with Gasteiger partial charge in [0.15, 0.2) is 5.76 Å². The van der Waals surface area contributed by atoms with Crippen molar-refractivity contribution in [1.82, 2.24) is 9.78 Å². The van der Waals surface area contributed by atoms with Crippen molar-refractivity contribution in [3.63, 3.8) is 0 Å². The summed E-state index contributed by atoms with van der Waals surface area (Å²) in [6.45, 7) is 8.91. The highest BCUT2D eigenvalue weighted by molar-refractivity contribution is 7.16. The van der Waals surface area contributed by atoms with Crippen molar-refractivity contribution >= 4 is 33.9 Å². The van der Waals surface area contributed by atoms with Gasteiger partial charge in [-0.05, 0) is 52.3 Å². The molecule has 0 aliphatic rings. The lowest BCUT2D eigenvalue weighted by atomic mass is 10.1. The summed E-state index contributed by atoms with van der Waals surface area (Å²) in [6, 6.07) is 3.11. The molecule has 0 aliphatic carbocycles. The second-order valence-corrected chi connectivity index (χ2v) is 8.09. The maximum absolute atomic E-state index is 12.7. The molecule has 3 aromatic rings. The fraction of sp³-hybridized carbons (Fsp3) is 0.350. The van der Waals surface area contributed by atoms with Gasteiger partial charge in [0.05, 0.1) is 23.6 Å². The molecule has 0 aromatic carbocycles. The average molecular weight is 446 g/mol. The van der Waals surface area contributed by atoms with Gasteiger partial charge in [-0.15, -0.1) is 11.3 Å². The van der Waals surface area contributed by atoms with Crippen LogP contribution in [0.25, 0.3) is 0 Å². The molecule has 0 saturated carbocycles. The quantitative estimate of drug-likeness (QED) is 0.328. The van der Waals surface area contributed by atoms with Crippen molar-refractivity contribution in [1.29, 1.82) is 0 Å². The molecule has 0 bridgehead atoms. The molecule has 0 aliphatic heterocycles. The first kappa shape index (κ1) is 22.2. The van der Waals surface area contributed by atoms with E-state index in [1.165, 1.54) is 22.1 Å². The van der Waals surface area contributed by atoms with Crippen LogP contribution in [0, 0.1) is 37.8 Å². The van der Waals surface area contributed by atoms with Gasteiger partial charge in [-0.3, -0.25) is 19.6 Å². The molecule has 0 spiro atoms. The third-order valence-electron chi connectivity index (χ3n) is 4.81. The molecule has 31 heavy (non-hydrogen) atoms. The number of hydrogen-bond acceptors (Lipinski definition) is 8. The van der Waals surface area contributed by atoms with Crippen molar-refractivity contribution in [2.24, 2.45) is 0 Å². The van der Waals surface area contributed by atoms with E-state index in [1.807, 2.05) is 6.92 Å². The van der Waals surface area contributed by atoms with Crippen LogP contribution in [0.15, 0.2) is 16.5 Å². The lowest BCUT2D eigenvalue weighted by molar-refractivity contribution is -0.386. The fourth-order valence-electron chi connectivity index (χ4n) is 3.17. The maximum Gasteiger partial charge on any atom is 0.341 e. The first-order valence-electron chi connectivity index (χ1n) is 9.49. The van der Waals surface area contributed by atoms with Crippen LogP contribution in [0.1, 0.15) is 55.4 Å². The standard InChI is InChI=1S/C20H22N4O6S/c1-6-29-20(26)16-10(2)13(5)31-19(16)21-18(25)15-8-7-14(30-15)9-23-12(4)17(24(27)28)11(3)22-23/h7-8H,6,9H2,1-5H3,(H,21,25). The molecule has 11 heteroatoms. The van der Waals surface area contributed by atoms with Gasteiger partial charge >= 0.3 is 11.7 Å². The van der Waals surface area contributed by atoms with Gasteiger partial charge < -0.3 is 14.5 Å². The number of rotatable bonds is 7.